The van der Waals surface area contributed by atoms with E-state index in [-0.39, 0.29) is 17.3 Å². The fourth-order valence-electron chi connectivity index (χ4n) is 0.559. The van der Waals surface area contributed by atoms with Crippen LogP contribution in [0.1, 0.15) is 13.8 Å². The minimum atomic E-state index is -3.18. The topological polar surface area (TPSA) is 80.6 Å². The summed E-state index contributed by atoms with van der Waals surface area (Å²) in [6, 6.07) is 0. The van der Waals surface area contributed by atoms with Gasteiger partial charge in [-0.2, -0.15) is 0 Å². The van der Waals surface area contributed by atoms with Gasteiger partial charge in [0.2, 0.25) is 0 Å². The van der Waals surface area contributed by atoms with Crippen molar-refractivity contribution in [3.05, 3.63) is 11.6 Å². The molecule has 5 nitrogen and oxygen atoms in total. The summed E-state index contributed by atoms with van der Waals surface area (Å²) in [5.41, 5.74) is 0. The molecule has 0 atom stereocenters. The number of hydrogen-bond acceptors (Lipinski definition) is 5. The highest BCUT2D eigenvalue weighted by atomic mass is 32.2. The number of nitrogens with zero attached hydrogens (tertiary/aromatic N) is 1. The lowest BCUT2D eigenvalue weighted by Gasteiger charge is -1.92. The van der Waals surface area contributed by atoms with E-state index in [0.29, 0.717) is 0 Å². The molecule has 15 heavy (non-hydrogen) atoms. The highest BCUT2D eigenvalue weighted by Gasteiger charge is 2.03. The number of rotatable bonds is 6. The quantitative estimate of drug-likeness (QED) is 0.642. The van der Waals surface area contributed by atoms with Crippen LogP contribution in [0, 0.1) is 0 Å². The van der Waals surface area contributed by atoms with Crippen LogP contribution in [0.5, 0.6) is 0 Å². The molecule has 0 unspecified atom stereocenters. The maximum Gasteiger partial charge on any atom is 0.172 e. The molecule has 88 valence electrons. The molecule has 0 amide bonds. The molecule has 0 aliphatic rings. The van der Waals surface area contributed by atoms with Crippen molar-refractivity contribution >= 4 is 25.9 Å². The molecule has 0 heterocycles. The van der Waals surface area contributed by atoms with Gasteiger partial charge in [0.1, 0.15) is 0 Å². The Kier molecular flexibility index (Phi) is 5.74. The Hall–Kier alpha value is -0.690. The number of aliphatic imine (C=N–C) groups is 1. The Morgan fingerprint density at radius 2 is 1.67 bits per heavy atom. The van der Waals surface area contributed by atoms with E-state index in [1.165, 1.54) is 13.1 Å². The van der Waals surface area contributed by atoms with Gasteiger partial charge in [0.15, 0.2) is 19.7 Å². The van der Waals surface area contributed by atoms with E-state index in [1.807, 2.05) is 0 Å². The van der Waals surface area contributed by atoms with Crippen molar-refractivity contribution in [1.29, 1.82) is 0 Å². The van der Waals surface area contributed by atoms with Crippen LogP contribution in [0.25, 0.3) is 0 Å². The zero-order chi connectivity index (χ0) is 11.9. The minimum Gasteiger partial charge on any atom is -0.267 e. The Labute approximate surface area is 90.8 Å². The zero-order valence-corrected chi connectivity index (χ0v) is 10.4. The van der Waals surface area contributed by atoms with Gasteiger partial charge in [-0.05, 0) is 0 Å². The average Bonchev–Trinajstić information content (AvgIpc) is 2.17. The van der Waals surface area contributed by atoms with Crippen molar-refractivity contribution in [2.75, 3.05) is 17.3 Å². The van der Waals surface area contributed by atoms with Crippen LogP contribution < -0.4 is 0 Å². The van der Waals surface area contributed by atoms with Crippen LogP contribution >= 0.6 is 0 Å². The molecule has 0 aromatic rings. The lowest BCUT2D eigenvalue weighted by molar-refractivity contribution is 0.600. The van der Waals surface area contributed by atoms with Crippen LogP contribution in [-0.2, 0) is 19.7 Å². The third-order valence-electron chi connectivity index (χ3n) is 1.63. The molecular weight excluding hydrogens is 238 g/mol. The summed E-state index contributed by atoms with van der Waals surface area (Å²) in [6.07, 6.45) is 2.27. The molecule has 0 spiro atoms. The van der Waals surface area contributed by atoms with E-state index in [2.05, 4.69) is 4.99 Å². The Morgan fingerprint density at radius 3 is 2.13 bits per heavy atom. The van der Waals surface area contributed by atoms with Gasteiger partial charge >= 0.3 is 0 Å². The number of sulfone groups is 2. The summed E-state index contributed by atoms with van der Waals surface area (Å²) in [6.45, 7) is 3.06. The normalized spacial score (nSPS) is 14.0. The van der Waals surface area contributed by atoms with Crippen LogP contribution in [0.4, 0.5) is 0 Å². The maximum absolute atomic E-state index is 11.0. The fraction of sp³-hybridized carbons (Fsp3) is 0.625. The van der Waals surface area contributed by atoms with Crippen molar-refractivity contribution in [1.82, 2.24) is 0 Å². The first kappa shape index (κ1) is 14.3. The summed E-state index contributed by atoms with van der Waals surface area (Å²) in [5, 5.41) is 0.960. The van der Waals surface area contributed by atoms with Gasteiger partial charge in [0.05, 0.1) is 11.5 Å². The molecule has 0 fully saturated rings. The van der Waals surface area contributed by atoms with Gasteiger partial charge in [0.25, 0.3) is 0 Å². The van der Waals surface area contributed by atoms with Crippen molar-refractivity contribution in [3.63, 3.8) is 0 Å². The van der Waals surface area contributed by atoms with E-state index in [9.17, 15) is 16.8 Å². The first-order valence-corrected chi connectivity index (χ1v) is 7.98. The van der Waals surface area contributed by atoms with Gasteiger partial charge < -0.3 is 0 Å². The van der Waals surface area contributed by atoms with Gasteiger partial charge in [-0.1, -0.05) is 13.8 Å². The lowest BCUT2D eigenvalue weighted by Crippen LogP contribution is -2.09. The minimum absolute atomic E-state index is 0.00623. The van der Waals surface area contributed by atoms with E-state index >= 15 is 0 Å². The summed E-state index contributed by atoms with van der Waals surface area (Å²) in [5.74, 6) is -0.109. The van der Waals surface area contributed by atoms with E-state index in [0.717, 1.165) is 11.6 Å². The molecule has 0 aromatic carbocycles. The Bertz CT molecular complexity index is 431. The third-order valence-corrected chi connectivity index (χ3v) is 4.51. The van der Waals surface area contributed by atoms with E-state index in [4.69, 9.17) is 0 Å². The molecule has 0 radical (unpaired) electrons. The van der Waals surface area contributed by atoms with Crippen LogP contribution in [-0.4, -0.2) is 40.3 Å². The molecule has 0 aromatic heterocycles. The fourth-order valence-corrected chi connectivity index (χ4v) is 1.56. The highest BCUT2D eigenvalue weighted by Crippen LogP contribution is 1.92. The third kappa shape index (κ3) is 7.26. The zero-order valence-electron chi connectivity index (χ0n) is 8.75. The maximum atomic E-state index is 11.0. The lowest BCUT2D eigenvalue weighted by atomic mass is 10.8. The smallest absolute Gasteiger partial charge is 0.172 e. The SMILES string of the molecule is CCS(=O)(=O)C=CN=CCS(=O)(=O)CC. The molecule has 0 saturated heterocycles. The molecule has 0 rings (SSSR count). The first-order valence-electron chi connectivity index (χ1n) is 4.44. The summed E-state index contributed by atoms with van der Waals surface area (Å²) in [4.78, 5) is 3.57. The molecule has 0 saturated carbocycles. The predicted octanol–water partition coefficient (Wildman–Crippen LogP) is 0.398. The van der Waals surface area contributed by atoms with Gasteiger partial charge in [-0.15, -0.1) is 0 Å². The second-order valence-corrected chi connectivity index (χ2v) is 7.34. The molecule has 7 heteroatoms. The van der Waals surface area contributed by atoms with E-state index in [1.54, 1.807) is 6.92 Å². The van der Waals surface area contributed by atoms with Crippen molar-refractivity contribution in [2.45, 2.75) is 13.8 Å². The molecule has 0 bridgehead atoms. The summed E-state index contributed by atoms with van der Waals surface area (Å²) >= 11 is 0. The monoisotopic (exact) mass is 253 g/mol. The van der Waals surface area contributed by atoms with Crippen LogP contribution in [0.15, 0.2) is 16.6 Å². The first-order chi connectivity index (χ1) is 6.83. The summed E-state index contributed by atoms with van der Waals surface area (Å²) < 4.78 is 43.8. The van der Waals surface area contributed by atoms with Gasteiger partial charge in [-0.25, -0.2) is 16.8 Å². The standard InChI is InChI=1S/C8H15NO4S2/c1-3-14(10,11)7-5-9-6-8-15(12,13)4-2/h5-7H,3-4,8H2,1-2H3. The second-order valence-electron chi connectivity index (χ2n) is 2.77. The average molecular weight is 253 g/mol. The second kappa shape index (κ2) is 6.02. The highest BCUT2D eigenvalue weighted by molar-refractivity contribution is 7.94. The van der Waals surface area contributed by atoms with E-state index < -0.39 is 19.7 Å². The Balaban J connectivity index is 4.25. The molecule has 0 N–H and O–H groups in total. The van der Waals surface area contributed by atoms with Crippen molar-refractivity contribution in [3.8, 4) is 0 Å². The van der Waals surface area contributed by atoms with Gasteiger partial charge in [0, 0.05) is 23.6 Å². The van der Waals surface area contributed by atoms with Crippen molar-refractivity contribution < 1.29 is 16.8 Å². The predicted molar refractivity (Wildman–Crippen MR) is 61.4 cm³/mol. The van der Waals surface area contributed by atoms with Crippen LogP contribution in [0.3, 0.4) is 0 Å². The van der Waals surface area contributed by atoms with Crippen LogP contribution in [0.2, 0.25) is 0 Å². The molecule has 0 aliphatic carbocycles. The molecular formula is C8H15NO4S2. The van der Waals surface area contributed by atoms with Crippen molar-refractivity contribution in [2.24, 2.45) is 4.99 Å². The van der Waals surface area contributed by atoms with Gasteiger partial charge in [-0.3, -0.25) is 4.99 Å². The molecule has 0 aliphatic heterocycles. The number of hydrogen-bond donors (Lipinski definition) is 0. The summed E-state index contributed by atoms with van der Waals surface area (Å²) in [7, 11) is -6.26. The Morgan fingerprint density at radius 1 is 1.07 bits per heavy atom. The largest absolute Gasteiger partial charge is 0.267 e.